The highest BCUT2D eigenvalue weighted by molar-refractivity contribution is 9.10. The number of anilines is 1. The third-order valence-electron chi connectivity index (χ3n) is 1.20. The van der Waals surface area contributed by atoms with Gasteiger partial charge in [0.25, 0.3) is 6.43 Å². The Morgan fingerprint density at radius 1 is 1.58 bits per heavy atom. The van der Waals surface area contributed by atoms with Gasteiger partial charge in [0.2, 0.25) is 0 Å². The highest BCUT2D eigenvalue weighted by Gasteiger charge is 2.13. The molecule has 66 valence electrons. The minimum Gasteiger partial charge on any atom is -0.395 e. The molecule has 0 aromatic carbocycles. The molecule has 0 amide bonds. The van der Waals surface area contributed by atoms with E-state index in [0.29, 0.717) is 0 Å². The molecule has 2 N–H and O–H groups in total. The Hall–Kier alpha value is -0.420. The molecule has 0 radical (unpaired) electrons. The molecule has 0 aliphatic carbocycles. The summed E-state index contributed by atoms with van der Waals surface area (Å²) in [4.78, 5) is 3.49. The van der Waals surface area contributed by atoms with E-state index < -0.39 is 6.43 Å². The maximum absolute atomic E-state index is 12.1. The van der Waals surface area contributed by atoms with E-state index in [2.05, 4.69) is 20.9 Å². The first-order valence-electron chi connectivity index (χ1n) is 2.92. The Morgan fingerprint density at radius 3 is 2.58 bits per heavy atom. The summed E-state index contributed by atoms with van der Waals surface area (Å²) in [5, 5.41) is 0.0761. The molecule has 6 heteroatoms. The third-order valence-corrected chi connectivity index (χ3v) is 2.12. The van der Waals surface area contributed by atoms with Gasteiger partial charge in [0.15, 0.2) is 0 Å². The van der Waals surface area contributed by atoms with Crippen LogP contribution in [0.1, 0.15) is 12.1 Å². The second-order valence-electron chi connectivity index (χ2n) is 2.03. The molecule has 0 saturated heterocycles. The first-order valence-corrected chi connectivity index (χ1v) is 4.09. The lowest BCUT2D eigenvalue weighted by Crippen LogP contribution is -1.96. The van der Waals surface area contributed by atoms with Crippen molar-refractivity contribution in [1.82, 2.24) is 4.98 Å². The number of hydrogen-bond acceptors (Lipinski definition) is 2. The zero-order chi connectivity index (χ0) is 9.30. The van der Waals surface area contributed by atoms with E-state index in [9.17, 15) is 8.78 Å². The average molecular weight is 257 g/mol. The van der Waals surface area contributed by atoms with Crippen LogP contribution in [0.5, 0.6) is 0 Å². The molecule has 1 rings (SSSR count). The lowest BCUT2D eigenvalue weighted by atomic mass is 10.3. The highest BCUT2D eigenvalue weighted by Crippen LogP contribution is 2.29. The van der Waals surface area contributed by atoms with Gasteiger partial charge >= 0.3 is 0 Å². The molecule has 0 spiro atoms. The van der Waals surface area contributed by atoms with Gasteiger partial charge in [-0.25, -0.2) is 13.8 Å². The van der Waals surface area contributed by atoms with Crippen LogP contribution >= 0.6 is 27.5 Å². The standard InChI is InChI=1S/C6H4BrClF2N2/c7-5-4(11)2(8)1-3(12-5)6(9)10/h1,6H,11H2. The van der Waals surface area contributed by atoms with Gasteiger partial charge in [0.05, 0.1) is 10.7 Å². The van der Waals surface area contributed by atoms with E-state index in [1.165, 1.54) is 0 Å². The van der Waals surface area contributed by atoms with Crippen molar-refractivity contribution in [3.63, 3.8) is 0 Å². The second kappa shape index (κ2) is 3.53. The fraction of sp³-hybridized carbons (Fsp3) is 0.167. The zero-order valence-electron chi connectivity index (χ0n) is 5.69. The molecule has 1 aromatic rings. The van der Waals surface area contributed by atoms with Crippen molar-refractivity contribution in [3.8, 4) is 0 Å². The van der Waals surface area contributed by atoms with Crippen molar-refractivity contribution in [1.29, 1.82) is 0 Å². The van der Waals surface area contributed by atoms with Crippen molar-refractivity contribution in [2.24, 2.45) is 0 Å². The minimum atomic E-state index is -2.64. The molecule has 2 nitrogen and oxygen atoms in total. The number of nitrogens with two attached hydrogens (primary N) is 1. The smallest absolute Gasteiger partial charge is 0.280 e. The summed E-state index contributed by atoms with van der Waals surface area (Å²) < 4.78 is 24.3. The van der Waals surface area contributed by atoms with Crippen LogP contribution in [0.25, 0.3) is 0 Å². The van der Waals surface area contributed by atoms with Gasteiger partial charge in [-0.1, -0.05) is 11.6 Å². The molecule has 0 atom stereocenters. The van der Waals surface area contributed by atoms with Gasteiger partial charge < -0.3 is 5.73 Å². The van der Waals surface area contributed by atoms with E-state index >= 15 is 0 Å². The van der Waals surface area contributed by atoms with Crippen LogP contribution in [-0.4, -0.2) is 4.98 Å². The number of halogens is 4. The van der Waals surface area contributed by atoms with Crippen LogP contribution in [0, 0.1) is 0 Å². The number of aromatic nitrogens is 1. The first kappa shape index (κ1) is 9.67. The quantitative estimate of drug-likeness (QED) is 0.786. The van der Waals surface area contributed by atoms with Gasteiger partial charge in [0.1, 0.15) is 10.3 Å². The largest absolute Gasteiger partial charge is 0.395 e. The molecular formula is C6H4BrClF2N2. The van der Waals surface area contributed by atoms with Crippen molar-refractivity contribution in [2.45, 2.75) is 6.43 Å². The van der Waals surface area contributed by atoms with Crippen LogP contribution in [0.4, 0.5) is 14.5 Å². The molecule has 0 aliphatic heterocycles. The number of pyridine rings is 1. The van der Waals surface area contributed by atoms with Gasteiger partial charge in [0, 0.05) is 0 Å². The van der Waals surface area contributed by atoms with E-state index in [4.69, 9.17) is 17.3 Å². The first-order chi connectivity index (χ1) is 5.52. The Morgan fingerprint density at radius 2 is 2.17 bits per heavy atom. The molecule has 1 aromatic heterocycles. The molecule has 12 heavy (non-hydrogen) atoms. The normalized spacial score (nSPS) is 10.8. The predicted octanol–water partition coefficient (Wildman–Crippen LogP) is 3.02. The van der Waals surface area contributed by atoms with Gasteiger partial charge in [-0.3, -0.25) is 0 Å². The summed E-state index contributed by atoms with van der Waals surface area (Å²) in [5.74, 6) is 0. The summed E-state index contributed by atoms with van der Waals surface area (Å²) in [7, 11) is 0. The maximum atomic E-state index is 12.1. The zero-order valence-corrected chi connectivity index (χ0v) is 8.03. The predicted molar refractivity (Wildman–Crippen MR) is 46.3 cm³/mol. The van der Waals surface area contributed by atoms with E-state index in [-0.39, 0.29) is 21.0 Å². The van der Waals surface area contributed by atoms with E-state index in [1.807, 2.05) is 0 Å². The van der Waals surface area contributed by atoms with Crippen LogP contribution < -0.4 is 5.73 Å². The van der Waals surface area contributed by atoms with E-state index in [1.54, 1.807) is 0 Å². The molecule has 0 bridgehead atoms. The Balaban J connectivity index is 3.21. The van der Waals surface area contributed by atoms with Gasteiger partial charge in [-0.2, -0.15) is 0 Å². The molecular weight excluding hydrogens is 253 g/mol. The minimum absolute atomic E-state index is 0.0761. The van der Waals surface area contributed by atoms with Crippen molar-refractivity contribution < 1.29 is 8.78 Å². The third kappa shape index (κ3) is 1.84. The topological polar surface area (TPSA) is 38.9 Å². The van der Waals surface area contributed by atoms with Gasteiger partial charge in [-0.15, -0.1) is 0 Å². The summed E-state index contributed by atoms with van der Waals surface area (Å²) in [6.07, 6.45) is -2.64. The molecule has 0 unspecified atom stereocenters. The Bertz CT molecular complexity index is 283. The summed E-state index contributed by atoms with van der Waals surface area (Å²) in [6.45, 7) is 0. The number of nitrogen functional groups attached to an aromatic ring is 1. The summed E-state index contributed by atoms with van der Waals surface area (Å²) in [5.41, 5.74) is 5.14. The molecule has 0 aliphatic rings. The van der Waals surface area contributed by atoms with Gasteiger partial charge in [-0.05, 0) is 22.0 Å². The number of alkyl halides is 2. The van der Waals surface area contributed by atoms with E-state index in [0.717, 1.165) is 6.07 Å². The highest BCUT2D eigenvalue weighted by atomic mass is 79.9. The van der Waals surface area contributed by atoms with Crippen molar-refractivity contribution in [2.75, 3.05) is 5.73 Å². The maximum Gasteiger partial charge on any atom is 0.280 e. The van der Waals surface area contributed by atoms with Crippen LogP contribution in [-0.2, 0) is 0 Å². The van der Waals surface area contributed by atoms with Crippen molar-refractivity contribution in [3.05, 3.63) is 21.4 Å². The number of rotatable bonds is 1. The second-order valence-corrected chi connectivity index (χ2v) is 3.19. The fourth-order valence-electron chi connectivity index (χ4n) is 0.624. The van der Waals surface area contributed by atoms with Crippen LogP contribution in [0.3, 0.4) is 0 Å². The van der Waals surface area contributed by atoms with Crippen LogP contribution in [0.15, 0.2) is 10.7 Å². The molecule has 0 saturated carbocycles. The summed E-state index contributed by atoms with van der Waals surface area (Å²) in [6, 6.07) is 1.05. The summed E-state index contributed by atoms with van der Waals surface area (Å²) >= 11 is 8.45. The lowest BCUT2D eigenvalue weighted by molar-refractivity contribution is 0.146. The molecule has 1 heterocycles. The number of nitrogens with zero attached hydrogens (tertiary/aromatic N) is 1. The number of hydrogen-bond donors (Lipinski definition) is 1. The Labute approximate surface area is 80.9 Å². The fourth-order valence-corrected chi connectivity index (χ4v) is 1.36. The SMILES string of the molecule is Nc1c(Cl)cc(C(F)F)nc1Br. The van der Waals surface area contributed by atoms with Crippen LogP contribution in [0.2, 0.25) is 5.02 Å². The molecule has 0 fully saturated rings. The lowest BCUT2D eigenvalue weighted by Gasteiger charge is -2.03. The Kier molecular flexibility index (Phi) is 2.85. The average Bonchev–Trinajstić information content (AvgIpc) is 1.99. The van der Waals surface area contributed by atoms with Crippen molar-refractivity contribution >= 4 is 33.2 Å². The monoisotopic (exact) mass is 256 g/mol.